The Labute approximate surface area is 152 Å². The van der Waals surface area contributed by atoms with E-state index in [9.17, 15) is 13.2 Å². The highest BCUT2D eigenvalue weighted by Crippen LogP contribution is 2.39. The topological polar surface area (TPSA) is 89.4 Å². The normalized spacial score (nSPS) is 27.9. The van der Waals surface area contributed by atoms with Gasteiger partial charge in [0, 0.05) is 36.7 Å². The van der Waals surface area contributed by atoms with Crippen molar-refractivity contribution >= 4 is 26.8 Å². The fourth-order valence-electron chi connectivity index (χ4n) is 4.27. The number of carbonyl (C=O) groups excluding carboxylic acids is 1. The van der Waals surface area contributed by atoms with Crippen molar-refractivity contribution in [2.75, 3.05) is 12.9 Å². The lowest BCUT2D eigenvalue weighted by molar-refractivity contribution is -0.124. The van der Waals surface area contributed by atoms with Crippen LogP contribution in [0.25, 0.3) is 10.9 Å². The molecule has 2 fully saturated rings. The Kier molecular flexibility index (Phi) is 4.29. The molecule has 1 aliphatic carbocycles. The number of amides is 1. The molecule has 4 rings (SSSR count). The van der Waals surface area contributed by atoms with Crippen molar-refractivity contribution in [3.63, 3.8) is 0 Å². The van der Waals surface area contributed by atoms with E-state index in [1.165, 1.54) is 0 Å². The molecule has 1 aromatic heterocycles. The van der Waals surface area contributed by atoms with Crippen molar-refractivity contribution in [3.8, 4) is 0 Å². The molecule has 4 atom stereocenters. The molecule has 2 heterocycles. The summed E-state index contributed by atoms with van der Waals surface area (Å²) in [5, 5.41) is 4.09. The lowest BCUT2D eigenvalue weighted by atomic mass is 9.72. The summed E-state index contributed by atoms with van der Waals surface area (Å²) in [5.74, 6) is 0.0720. The number of rotatable bonds is 5. The minimum absolute atomic E-state index is 0.1000. The van der Waals surface area contributed by atoms with Gasteiger partial charge in [-0.05, 0) is 18.1 Å². The van der Waals surface area contributed by atoms with Crippen molar-refractivity contribution in [1.29, 1.82) is 0 Å². The van der Waals surface area contributed by atoms with E-state index in [0.29, 0.717) is 6.61 Å². The summed E-state index contributed by atoms with van der Waals surface area (Å²) in [4.78, 5) is 12.6. The first-order valence-electron chi connectivity index (χ1n) is 8.75. The van der Waals surface area contributed by atoms with Crippen LogP contribution in [0.1, 0.15) is 12.0 Å². The predicted octanol–water partition coefficient (Wildman–Crippen LogP) is 0.542. The Bertz CT molecular complexity index is 952. The molecule has 140 valence electrons. The molecule has 1 aliphatic heterocycles. The maximum absolute atomic E-state index is 12.6. The second kappa shape index (κ2) is 6.37. The fourth-order valence-corrected chi connectivity index (χ4v) is 5.04. The summed E-state index contributed by atoms with van der Waals surface area (Å²) >= 11 is 0. The first-order valence-corrected chi connectivity index (χ1v) is 10.6. The summed E-state index contributed by atoms with van der Waals surface area (Å²) in [6.45, 7) is 0.604. The van der Waals surface area contributed by atoms with Gasteiger partial charge in [0.05, 0.1) is 30.9 Å². The average molecular weight is 377 g/mol. The van der Waals surface area contributed by atoms with Gasteiger partial charge in [-0.25, -0.2) is 13.1 Å². The number of para-hydroxylation sites is 1. The van der Waals surface area contributed by atoms with Crippen LogP contribution in [-0.2, 0) is 33.0 Å². The van der Waals surface area contributed by atoms with Crippen LogP contribution in [0.2, 0.25) is 0 Å². The Morgan fingerprint density at radius 2 is 2.08 bits per heavy atom. The molecule has 1 amide bonds. The summed E-state index contributed by atoms with van der Waals surface area (Å²) in [7, 11) is -1.40. The zero-order chi connectivity index (χ0) is 18.5. The molecule has 0 radical (unpaired) electrons. The standard InChI is InChI=1S/C18H23N3O4S/c1-21-10-11(12-5-3-4-6-14(12)21)9-15(22)19-16-13-7-8-25-18(13)17(16)20-26(2,23)24/h3-6,10,13,16-18,20H,7-9H2,1-2H3,(H,19,22)/t13-,16+,17-,18-/m1/s1. The summed E-state index contributed by atoms with van der Waals surface area (Å²) < 4.78 is 33.5. The molecule has 2 aromatic rings. The van der Waals surface area contributed by atoms with Crippen LogP contribution in [0.3, 0.4) is 0 Å². The first-order chi connectivity index (χ1) is 12.3. The fraction of sp³-hybridized carbons (Fsp3) is 0.500. The zero-order valence-corrected chi connectivity index (χ0v) is 15.6. The van der Waals surface area contributed by atoms with Gasteiger partial charge in [0.15, 0.2) is 0 Å². The van der Waals surface area contributed by atoms with E-state index in [1.807, 2.05) is 42.1 Å². The van der Waals surface area contributed by atoms with Gasteiger partial charge < -0.3 is 14.6 Å². The molecule has 2 aliphatic rings. The van der Waals surface area contributed by atoms with Crippen LogP contribution in [0, 0.1) is 5.92 Å². The predicted molar refractivity (Wildman–Crippen MR) is 98.2 cm³/mol. The Morgan fingerprint density at radius 3 is 2.85 bits per heavy atom. The van der Waals surface area contributed by atoms with E-state index >= 15 is 0 Å². The number of hydrogen-bond donors (Lipinski definition) is 2. The third-order valence-corrected chi connectivity index (χ3v) is 6.09. The first kappa shape index (κ1) is 17.5. The highest BCUT2D eigenvalue weighted by Gasteiger charge is 2.55. The molecule has 7 nitrogen and oxygen atoms in total. The maximum atomic E-state index is 12.6. The van der Waals surface area contributed by atoms with Crippen molar-refractivity contribution in [1.82, 2.24) is 14.6 Å². The monoisotopic (exact) mass is 377 g/mol. The molecule has 0 unspecified atom stereocenters. The van der Waals surface area contributed by atoms with E-state index in [0.717, 1.165) is 29.1 Å². The molecule has 2 N–H and O–H groups in total. The SMILES string of the molecule is Cn1cc(CC(=O)N[C@H]2[C@H]3CCO[C@H]3[C@@H]2NS(C)(=O)=O)c2ccccc21. The van der Waals surface area contributed by atoms with Gasteiger partial charge in [-0.15, -0.1) is 0 Å². The molecule has 0 bridgehead atoms. The van der Waals surface area contributed by atoms with Crippen LogP contribution >= 0.6 is 0 Å². The van der Waals surface area contributed by atoms with Crippen molar-refractivity contribution in [3.05, 3.63) is 36.0 Å². The van der Waals surface area contributed by atoms with Crippen LogP contribution < -0.4 is 10.0 Å². The van der Waals surface area contributed by atoms with E-state index in [1.54, 1.807) is 0 Å². The lowest BCUT2D eigenvalue weighted by Crippen LogP contribution is -2.70. The molecule has 1 saturated heterocycles. The summed E-state index contributed by atoms with van der Waals surface area (Å²) in [5.41, 5.74) is 2.05. The number of aryl methyl sites for hydroxylation is 1. The highest BCUT2D eigenvalue weighted by atomic mass is 32.2. The van der Waals surface area contributed by atoms with Crippen LogP contribution in [0.5, 0.6) is 0 Å². The molecule has 8 heteroatoms. The zero-order valence-electron chi connectivity index (χ0n) is 14.8. The van der Waals surface area contributed by atoms with Crippen molar-refractivity contribution in [2.45, 2.75) is 31.0 Å². The number of sulfonamides is 1. The van der Waals surface area contributed by atoms with E-state index in [-0.39, 0.29) is 30.4 Å². The molecule has 1 saturated carbocycles. The second-order valence-electron chi connectivity index (χ2n) is 7.26. The summed E-state index contributed by atoms with van der Waals surface area (Å²) in [6.07, 6.45) is 4.06. The molecule has 1 aromatic carbocycles. The average Bonchev–Trinajstić information content (AvgIpc) is 3.13. The van der Waals surface area contributed by atoms with Crippen LogP contribution in [0.15, 0.2) is 30.5 Å². The minimum Gasteiger partial charge on any atom is -0.376 e. The molecule has 26 heavy (non-hydrogen) atoms. The van der Waals surface area contributed by atoms with Gasteiger partial charge in [0.2, 0.25) is 15.9 Å². The number of hydrogen-bond acceptors (Lipinski definition) is 4. The maximum Gasteiger partial charge on any atom is 0.224 e. The van der Waals surface area contributed by atoms with E-state index in [4.69, 9.17) is 4.74 Å². The third kappa shape index (κ3) is 3.13. The minimum atomic E-state index is -3.36. The number of aromatic nitrogens is 1. The smallest absolute Gasteiger partial charge is 0.224 e. The number of benzene rings is 1. The van der Waals surface area contributed by atoms with Gasteiger partial charge >= 0.3 is 0 Å². The number of fused-ring (bicyclic) bond motifs is 2. The van der Waals surface area contributed by atoms with Gasteiger partial charge in [-0.3, -0.25) is 4.79 Å². The van der Waals surface area contributed by atoms with Crippen molar-refractivity contribution in [2.24, 2.45) is 13.0 Å². The second-order valence-corrected chi connectivity index (χ2v) is 9.04. The lowest BCUT2D eigenvalue weighted by Gasteiger charge is -2.47. The van der Waals surface area contributed by atoms with Gasteiger partial charge in [-0.2, -0.15) is 0 Å². The van der Waals surface area contributed by atoms with Gasteiger partial charge in [-0.1, -0.05) is 18.2 Å². The van der Waals surface area contributed by atoms with E-state index < -0.39 is 16.1 Å². The summed E-state index contributed by atoms with van der Waals surface area (Å²) in [6, 6.07) is 7.35. The van der Waals surface area contributed by atoms with Crippen LogP contribution in [0.4, 0.5) is 0 Å². The Hall–Kier alpha value is -1.90. The quantitative estimate of drug-likeness (QED) is 0.796. The highest BCUT2D eigenvalue weighted by molar-refractivity contribution is 7.88. The Balaban J connectivity index is 1.48. The number of carbonyl (C=O) groups is 1. The number of nitrogens with one attached hydrogen (secondary N) is 2. The van der Waals surface area contributed by atoms with Crippen molar-refractivity contribution < 1.29 is 17.9 Å². The van der Waals surface area contributed by atoms with E-state index in [2.05, 4.69) is 10.0 Å². The molecular formula is C18H23N3O4S. The molecular weight excluding hydrogens is 354 g/mol. The van der Waals surface area contributed by atoms with Gasteiger partial charge in [0.25, 0.3) is 0 Å². The molecule has 0 spiro atoms. The van der Waals surface area contributed by atoms with Gasteiger partial charge in [0.1, 0.15) is 0 Å². The largest absolute Gasteiger partial charge is 0.376 e. The number of ether oxygens (including phenoxy) is 1. The van der Waals surface area contributed by atoms with Crippen LogP contribution in [-0.4, -0.2) is 49.9 Å². The third-order valence-electron chi connectivity index (χ3n) is 5.39. The Morgan fingerprint density at radius 1 is 1.31 bits per heavy atom. The number of nitrogens with zero attached hydrogens (tertiary/aromatic N) is 1.